The summed E-state index contributed by atoms with van der Waals surface area (Å²) in [4.78, 5) is 2.46. The van der Waals surface area contributed by atoms with Crippen LogP contribution < -0.4 is 4.90 Å². The minimum Gasteiger partial charge on any atom is -0.310 e. The van der Waals surface area contributed by atoms with Crippen molar-refractivity contribution in [3.63, 3.8) is 0 Å². The van der Waals surface area contributed by atoms with Crippen LogP contribution in [0.3, 0.4) is 0 Å². The first-order chi connectivity index (χ1) is 25.5. The van der Waals surface area contributed by atoms with Gasteiger partial charge in [0.1, 0.15) is 0 Å². The molecule has 0 fully saturated rings. The van der Waals surface area contributed by atoms with Crippen molar-refractivity contribution >= 4 is 49.4 Å². The van der Waals surface area contributed by atoms with Gasteiger partial charge in [0.05, 0.1) is 5.69 Å². The monoisotopic (exact) mass is 663 g/mol. The Labute approximate surface area is 305 Å². The zero-order chi connectivity index (χ0) is 34.8. The first-order valence-electron chi connectivity index (χ1n) is 18.2. The molecule has 9 aromatic rings. The Morgan fingerprint density at radius 2 is 0.942 bits per heavy atom. The first kappa shape index (κ1) is 30.4. The highest BCUT2D eigenvalue weighted by molar-refractivity contribution is 6.15. The average Bonchev–Trinajstić information content (AvgIpc) is 3.43. The molecule has 1 aliphatic rings. The third kappa shape index (κ3) is 4.77. The highest BCUT2D eigenvalue weighted by Crippen LogP contribution is 2.51. The van der Waals surface area contributed by atoms with E-state index in [2.05, 4.69) is 207 Å². The maximum Gasteiger partial charge on any atom is 0.0540 e. The van der Waals surface area contributed by atoms with Crippen LogP contribution in [-0.4, -0.2) is 0 Å². The summed E-state index contributed by atoms with van der Waals surface area (Å²) >= 11 is 0. The second-order valence-electron chi connectivity index (χ2n) is 14.6. The van der Waals surface area contributed by atoms with Crippen LogP contribution in [0.1, 0.15) is 25.0 Å². The molecule has 0 radical (unpaired) electrons. The molecule has 0 unspecified atom stereocenters. The van der Waals surface area contributed by atoms with E-state index in [0.717, 1.165) is 17.1 Å². The van der Waals surface area contributed by atoms with E-state index in [1.807, 2.05) is 0 Å². The standard InChI is InChI=1S/C51H37N/c1-51(2)48-21-11-9-19-44(48)45-30-29-40(33-49(45)51)52(39-27-25-35(26-28-39)37-24-23-34-13-3-4-14-36(34)31-37)50-22-12-10-20-46(50)47-32-38-15-5-6-16-41(38)42-17-7-8-18-43(42)47/h3-33H,1-2H3. The maximum atomic E-state index is 2.46. The van der Waals surface area contributed by atoms with Gasteiger partial charge in [-0.15, -0.1) is 0 Å². The lowest BCUT2D eigenvalue weighted by Gasteiger charge is -2.30. The number of rotatable bonds is 5. The summed E-state index contributed by atoms with van der Waals surface area (Å²) in [6.45, 7) is 4.72. The molecule has 0 heterocycles. The molecule has 0 saturated carbocycles. The molecule has 0 aromatic heterocycles. The van der Waals surface area contributed by atoms with Crippen LogP contribution in [0.25, 0.3) is 65.7 Å². The van der Waals surface area contributed by atoms with E-state index in [-0.39, 0.29) is 5.41 Å². The molecule has 0 atom stereocenters. The molecule has 9 aromatic carbocycles. The molecule has 246 valence electrons. The number of hydrogen-bond donors (Lipinski definition) is 0. The Morgan fingerprint density at radius 3 is 1.77 bits per heavy atom. The molecule has 52 heavy (non-hydrogen) atoms. The van der Waals surface area contributed by atoms with E-state index in [0.29, 0.717) is 0 Å². The van der Waals surface area contributed by atoms with Crippen molar-refractivity contribution in [1.29, 1.82) is 0 Å². The number of anilines is 3. The third-order valence-electron chi connectivity index (χ3n) is 11.2. The smallest absolute Gasteiger partial charge is 0.0540 e. The van der Waals surface area contributed by atoms with Crippen molar-refractivity contribution in [3.05, 3.63) is 199 Å². The van der Waals surface area contributed by atoms with Gasteiger partial charge >= 0.3 is 0 Å². The molecule has 1 nitrogen and oxygen atoms in total. The second-order valence-corrected chi connectivity index (χ2v) is 14.6. The van der Waals surface area contributed by atoms with Gasteiger partial charge in [0.2, 0.25) is 0 Å². The average molecular weight is 664 g/mol. The zero-order valence-electron chi connectivity index (χ0n) is 29.3. The minimum atomic E-state index is -0.110. The lowest BCUT2D eigenvalue weighted by molar-refractivity contribution is 0.660. The Bertz CT molecular complexity index is 2820. The van der Waals surface area contributed by atoms with E-state index in [4.69, 9.17) is 0 Å². The Hall–Kier alpha value is -6.44. The van der Waals surface area contributed by atoms with Gasteiger partial charge in [-0.25, -0.2) is 0 Å². The Kier molecular flexibility index (Phi) is 6.91. The number of nitrogens with zero attached hydrogens (tertiary/aromatic N) is 1. The van der Waals surface area contributed by atoms with Crippen molar-refractivity contribution in [2.24, 2.45) is 0 Å². The van der Waals surface area contributed by atoms with Crippen LogP contribution in [0.15, 0.2) is 188 Å². The van der Waals surface area contributed by atoms with Crippen LogP contribution in [0.5, 0.6) is 0 Å². The van der Waals surface area contributed by atoms with Gasteiger partial charge in [-0.1, -0.05) is 159 Å². The normalized spacial score (nSPS) is 13.0. The molecule has 10 rings (SSSR count). The number of benzene rings is 9. The molecule has 0 aliphatic heterocycles. The van der Waals surface area contributed by atoms with E-state index < -0.39 is 0 Å². The first-order valence-corrected chi connectivity index (χ1v) is 18.2. The van der Waals surface area contributed by atoms with E-state index in [1.165, 1.54) is 76.8 Å². The van der Waals surface area contributed by atoms with E-state index >= 15 is 0 Å². The van der Waals surface area contributed by atoms with Crippen LogP contribution in [-0.2, 0) is 5.41 Å². The molecule has 1 heteroatoms. The van der Waals surface area contributed by atoms with Crippen molar-refractivity contribution in [1.82, 2.24) is 0 Å². The topological polar surface area (TPSA) is 3.24 Å². The largest absolute Gasteiger partial charge is 0.310 e. The van der Waals surface area contributed by atoms with Gasteiger partial charge in [0.25, 0.3) is 0 Å². The number of fused-ring (bicyclic) bond motifs is 7. The van der Waals surface area contributed by atoms with E-state index in [1.54, 1.807) is 0 Å². The van der Waals surface area contributed by atoms with Gasteiger partial charge in [-0.3, -0.25) is 0 Å². The highest BCUT2D eigenvalue weighted by Gasteiger charge is 2.36. The fraction of sp³-hybridized carbons (Fsp3) is 0.0588. The van der Waals surface area contributed by atoms with Gasteiger partial charge in [0, 0.05) is 22.4 Å². The fourth-order valence-electron chi connectivity index (χ4n) is 8.60. The lowest BCUT2D eigenvalue weighted by atomic mass is 9.82. The maximum absolute atomic E-state index is 2.46. The van der Waals surface area contributed by atoms with Crippen molar-refractivity contribution < 1.29 is 0 Å². The quantitative estimate of drug-likeness (QED) is 0.166. The van der Waals surface area contributed by atoms with Gasteiger partial charge < -0.3 is 4.90 Å². The van der Waals surface area contributed by atoms with E-state index in [9.17, 15) is 0 Å². The molecule has 0 amide bonds. The van der Waals surface area contributed by atoms with Gasteiger partial charge in [-0.2, -0.15) is 0 Å². The lowest BCUT2D eigenvalue weighted by Crippen LogP contribution is -2.16. The molecular weight excluding hydrogens is 627 g/mol. The fourth-order valence-corrected chi connectivity index (χ4v) is 8.60. The summed E-state index contributed by atoms with van der Waals surface area (Å²) < 4.78 is 0. The van der Waals surface area contributed by atoms with Crippen LogP contribution in [0.2, 0.25) is 0 Å². The van der Waals surface area contributed by atoms with Crippen molar-refractivity contribution in [3.8, 4) is 33.4 Å². The predicted octanol–water partition coefficient (Wildman–Crippen LogP) is 14.3. The SMILES string of the molecule is CC1(C)c2ccccc2-c2ccc(N(c3ccc(-c4ccc5ccccc5c4)cc3)c3ccccc3-c3cc4ccccc4c4ccccc34)cc21. The summed E-state index contributed by atoms with van der Waals surface area (Å²) in [7, 11) is 0. The molecule has 0 saturated heterocycles. The zero-order valence-corrected chi connectivity index (χ0v) is 29.3. The summed E-state index contributed by atoms with van der Waals surface area (Å²) in [6, 6.07) is 69.3. The highest BCUT2D eigenvalue weighted by atomic mass is 15.1. The number of hydrogen-bond acceptors (Lipinski definition) is 1. The van der Waals surface area contributed by atoms with Crippen LogP contribution in [0, 0.1) is 0 Å². The molecule has 0 bridgehead atoms. The molecule has 0 spiro atoms. The Morgan fingerprint density at radius 1 is 0.346 bits per heavy atom. The molecule has 0 N–H and O–H groups in total. The second kappa shape index (κ2) is 11.8. The summed E-state index contributed by atoms with van der Waals surface area (Å²) in [5.41, 5.74) is 13.6. The number of para-hydroxylation sites is 1. The van der Waals surface area contributed by atoms with Gasteiger partial charge in [0.15, 0.2) is 0 Å². The van der Waals surface area contributed by atoms with Crippen LogP contribution >= 0.6 is 0 Å². The van der Waals surface area contributed by atoms with Crippen molar-refractivity contribution in [2.75, 3.05) is 4.90 Å². The third-order valence-corrected chi connectivity index (χ3v) is 11.2. The summed E-state index contributed by atoms with van der Waals surface area (Å²) in [5, 5.41) is 7.56. The molecule has 1 aliphatic carbocycles. The Balaban J connectivity index is 1.18. The molecular formula is C51H37N. The van der Waals surface area contributed by atoms with Crippen LogP contribution in [0.4, 0.5) is 17.1 Å². The van der Waals surface area contributed by atoms with Crippen molar-refractivity contribution in [2.45, 2.75) is 19.3 Å². The minimum absolute atomic E-state index is 0.110. The summed E-state index contributed by atoms with van der Waals surface area (Å²) in [6.07, 6.45) is 0. The van der Waals surface area contributed by atoms with Gasteiger partial charge in [-0.05, 0) is 114 Å². The summed E-state index contributed by atoms with van der Waals surface area (Å²) in [5.74, 6) is 0. The predicted molar refractivity (Wildman–Crippen MR) is 222 cm³/mol.